The predicted octanol–water partition coefficient (Wildman–Crippen LogP) is 4.11. The van der Waals surface area contributed by atoms with Crippen LogP contribution in [0.25, 0.3) is 22.2 Å². The first-order chi connectivity index (χ1) is 17.4. The number of fused-ring (bicyclic) bond motifs is 2. The van der Waals surface area contributed by atoms with Crippen molar-refractivity contribution in [1.82, 2.24) is 20.8 Å². The smallest absolute Gasteiger partial charge is 0.315 e. The molecular weight excluding hydrogens is 455 g/mol. The summed E-state index contributed by atoms with van der Waals surface area (Å²) in [4.78, 5) is 14.5. The molecule has 3 aromatic rings. The van der Waals surface area contributed by atoms with Crippen molar-refractivity contribution >= 4 is 22.6 Å². The van der Waals surface area contributed by atoms with Gasteiger partial charge in [0.2, 0.25) is 0 Å². The highest BCUT2D eigenvalue weighted by atomic mass is 19.1. The van der Waals surface area contributed by atoms with E-state index in [0.717, 1.165) is 59.3 Å². The van der Waals surface area contributed by atoms with Gasteiger partial charge in [0.15, 0.2) is 0 Å². The molecule has 36 heavy (non-hydrogen) atoms. The van der Waals surface area contributed by atoms with E-state index in [0.29, 0.717) is 12.8 Å². The number of aromatic nitrogens is 2. The normalized spacial score (nSPS) is 26.6. The maximum Gasteiger partial charge on any atom is 0.315 e. The Kier molecular flexibility index (Phi) is 5.79. The molecule has 1 aromatic heterocycles. The van der Waals surface area contributed by atoms with Gasteiger partial charge in [-0.25, -0.2) is 9.18 Å². The van der Waals surface area contributed by atoms with Crippen LogP contribution in [0.4, 0.5) is 14.9 Å². The minimum atomic E-state index is -0.948. The second-order valence-electron chi connectivity index (χ2n) is 10.8. The molecule has 2 amide bonds. The average molecular weight is 489 g/mol. The first-order valence-electron chi connectivity index (χ1n) is 13.0. The number of nitrogens with zero attached hydrogens (tertiary/aromatic N) is 3. The SMILES string of the molecule is Cc1cc(C)cc(-c2nnc3ccc(C4CC(F)CC5NC(=O)NC54)cc3c2N2CCC(N)CC2)c1. The van der Waals surface area contributed by atoms with Crippen molar-refractivity contribution in [2.45, 2.75) is 69.7 Å². The third-order valence-electron chi connectivity index (χ3n) is 8.04. The maximum absolute atomic E-state index is 14.7. The van der Waals surface area contributed by atoms with Gasteiger partial charge >= 0.3 is 6.03 Å². The zero-order chi connectivity index (χ0) is 25.0. The van der Waals surface area contributed by atoms with Crippen molar-refractivity contribution in [2.24, 2.45) is 5.73 Å². The van der Waals surface area contributed by atoms with E-state index < -0.39 is 6.17 Å². The molecule has 2 aliphatic heterocycles. The van der Waals surface area contributed by atoms with Crippen molar-refractivity contribution in [3.8, 4) is 11.3 Å². The van der Waals surface area contributed by atoms with Gasteiger partial charge in [-0.15, -0.1) is 10.2 Å². The highest BCUT2D eigenvalue weighted by molar-refractivity contribution is 5.98. The topological polar surface area (TPSA) is 96.2 Å². The van der Waals surface area contributed by atoms with Crippen LogP contribution in [-0.4, -0.2) is 53.6 Å². The molecule has 1 saturated carbocycles. The Balaban J connectivity index is 1.51. The Bertz CT molecular complexity index is 1300. The highest BCUT2D eigenvalue weighted by Gasteiger charge is 2.44. The van der Waals surface area contributed by atoms with Crippen molar-refractivity contribution in [1.29, 1.82) is 0 Å². The highest BCUT2D eigenvalue weighted by Crippen LogP contribution is 2.41. The van der Waals surface area contributed by atoms with E-state index in [1.165, 1.54) is 11.1 Å². The van der Waals surface area contributed by atoms with Crippen LogP contribution in [0, 0.1) is 13.8 Å². The molecule has 1 aliphatic carbocycles. The average Bonchev–Trinajstić information content (AvgIpc) is 3.22. The number of carbonyl (C=O) groups is 1. The van der Waals surface area contributed by atoms with Gasteiger partial charge in [0.05, 0.1) is 23.3 Å². The molecule has 0 radical (unpaired) electrons. The van der Waals surface area contributed by atoms with Crippen LogP contribution in [0.5, 0.6) is 0 Å². The van der Waals surface area contributed by atoms with Crippen LogP contribution in [0.2, 0.25) is 0 Å². The number of anilines is 1. The zero-order valence-electron chi connectivity index (χ0n) is 20.8. The minimum Gasteiger partial charge on any atom is -0.369 e. The van der Waals surface area contributed by atoms with Crippen LogP contribution in [0.15, 0.2) is 36.4 Å². The van der Waals surface area contributed by atoms with Gasteiger partial charge in [0.25, 0.3) is 0 Å². The number of aryl methyl sites for hydroxylation is 2. The Hall–Kier alpha value is -3.26. The summed E-state index contributed by atoms with van der Waals surface area (Å²) in [6, 6.07) is 12.3. The molecule has 6 rings (SSSR count). The summed E-state index contributed by atoms with van der Waals surface area (Å²) >= 11 is 0. The summed E-state index contributed by atoms with van der Waals surface area (Å²) < 4.78 is 14.7. The number of hydrogen-bond donors (Lipinski definition) is 3. The van der Waals surface area contributed by atoms with Crippen molar-refractivity contribution in [3.05, 3.63) is 53.1 Å². The van der Waals surface area contributed by atoms with Gasteiger partial charge < -0.3 is 21.3 Å². The lowest BCUT2D eigenvalue weighted by Gasteiger charge is -2.36. The van der Waals surface area contributed by atoms with Crippen LogP contribution in [0.1, 0.15) is 48.3 Å². The van der Waals surface area contributed by atoms with Crippen molar-refractivity contribution in [3.63, 3.8) is 0 Å². The summed E-state index contributed by atoms with van der Waals surface area (Å²) in [7, 11) is 0. The van der Waals surface area contributed by atoms with Crippen molar-refractivity contribution in [2.75, 3.05) is 18.0 Å². The standard InChI is InChI=1S/C28H33FN6O/c1-15-9-16(2)11-18(10-15)25-27(35-7-5-20(30)6-8-35)22-12-17(3-4-23(22)33-34-25)21-13-19(29)14-24-26(21)32-28(36)31-24/h3-4,9-12,19-21,24,26H,5-8,13-14,30H2,1-2H3,(H2,31,32,36). The summed E-state index contributed by atoms with van der Waals surface area (Å²) in [5.41, 5.74) is 13.4. The van der Waals surface area contributed by atoms with Crippen molar-refractivity contribution < 1.29 is 9.18 Å². The summed E-state index contributed by atoms with van der Waals surface area (Å²) in [5.74, 6) is -0.109. The maximum atomic E-state index is 14.7. The molecule has 4 atom stereocenters. The number of benzene rings is 2. The quantitative estimate of drug-likeness (QED) is 0.516. The molecule has 7 nitrogen and oxygen atoms in total. The predicted molar refractivity (Wildman–Crippen MR) is 140 cm³/mol. The van der Waals surface area contributed by atoms with Gasteiger partial charge in [-0.2, -0.15) is 0 Å². The van der Waals surface area contributed by atoms with Gasteiger partial charge in [-0.1, -0.05) is 23.3 Å². The number of alkyl halides is 1. The van der Waals surface area contributed by atoms with Crippen LogP contribution in [0.3, 0.4) is 0 Å². The minimum absolute atomic E-state index is 0.109. The monoisotopic (exact) mass is 488 g/mol. The van der Waals surface area contributed by atoms with E-state index >= 15 is 0 Å². The molecule has 4 unspecified atom stereocenters. The molecule has 188 valence electrons. The van der Waals surface area contributed by atoms with E-state index in [4.69, 9.17) is 10.8 Å². The zero-order valence-corrected chi connectivity index (χ0v) is 20.8. The Morgan fingerprint density at radius 1 is 1.00 bits per heavy atom. The summed E-state index contributed by atoms with van der Waals surface area (Å²) in [6.45, 7) is 5.90. The fraction of sp³-hybridized carbons (Fsp3) is 0.464. The molecule has 0 bridgehead atoms. The molecule has 0 spiro atoms. The van der Waals surface area contributed by atoms with Gasteiger partial charge in [0.1, 0.15) is 11.9 Å². The number of nitrogens with two attached hydrogens (primary N) is 1. The number of halogens is 1. The molecule has 2 aromatic carbocycles. The van der Waals surface area contributed by atoms with E-state index in [9.17, 15) is 9.18 Å². The lowest BCUT2D eigenvalue weighted by atomic mass is 9.77. The summed E-state index contributed by atoms with van der Waals surface area (Å²) in [6.07, 6.45) is 1.64. The number of piperidine rings is 1. The first-order valence-corrected chi connectivity index (χ1v) is 13.0. The lowest BCUT2D eigenvalue weighted by molar-refractivity contribution is 0.189. The Labute approximate surface area is 210 Å². The second-order valence-corrected chi connectivity index (χ2v) is 10.8. The van der Waals surface area contributed by atoms with E-state index in [1.54, 1.807) is 0 Å². The molecule has 3 heterocycles. The lowest BCUT2D eigenvalue weighted by Crippen LogP contribution is -2.45. The number of hydrogen-bond acceptors (Lipinski definition) is 5. The number of nitrogens with one attached hydrogen (secondary N) is 2. The fourth-order valence-electron chi connectivity index (χ4n) is 6.36. The molecule has 2 saturated heterocycles. The first kappa shape index (κ1) is 23.2. The van der Waals surface area contributed by atoms with E-state index in [1.807, 2.05) is 12.1 Å². The van der Waals surface area contributed by atoms with Gasteiger partial charge in [0, 0.05) is 42.4 Å². The third kappa shape index (κ3) is 4.17. The molecule has 8 heteroatoms. The largest absolute Gasteiger partial charge is 0.369 e. The van der Waals surface area contributed by atoms with Crippen LogP contribution < -0.4 is 21.3 Å². The number of amides is 2. The van der Waals surface area contributed by atoms with Crippen LogP contribution >= 0.6 is 0 Å². The molecular formula is C28H33FN6O. The van der Waals surface area contributed by atoms with E-state index in [2.05, 4.69) is 58.7 Å². The Morgan fingerprint density at radius 2 is 1.75 bits per heavy atom. The van der Waals surface area contributed by atoms with Gasteiger partial charge in [-0.05, 0) is 62.9 Å². The molecule has 3 fully saturated rings. The number of carbonyl (C=O) groups excluding carboxylic acids is 1. The second kappa shape index (κ2) is 9.00. The Morgan fingerprint density at radius 3 is 2.50 bits per heavy atom. The number of urea groups is 1. The summed E-state index contributed by atoms with van der Waals surface area (Å²) in [5, 5.41) is 16.3. The van der Waals surface area contributed by atoms with Crippen LogP contribution in [-0.2, 0) is 0 Å². The molecule has 4 N–H and O–H groups in total. The molecule has 3 aliphatic rings. The van der Waals surface area contributed by atoms with Gasteiger partial charge in [-0.3, -0.25) is 0 Å². The van der Waals surface area contributed by atoms with E-state index in [-0.39, 0.29) is 30.1 Å². The third-order valence-corrected chi connectivity index (χ3v) is 8.04. The fourth-order valence-corrected chi connectivity index (χ4v) is 6.36. The number of rotatable bonds is 3.